The lowest BCUT2D eigenvalue weighted by Crippen LogP contribution is -2.35. The van der Waals surface area contributed by atoms with E-state index in [2.05, 4.69) is 20.3 Å². The third-order valence-electron chi connectivity index (χ3n) is 4.93. The fourth-order valence-electron chi connectivity index (χ4n) is 3.19. The number of nitrogens with zero attached hydrogens (tertiary/aromatic N) is 3. The zero-order valence-corrected chi connectivity index (χ0v) is 15.4. The first kappa shape index (κ1) is 20.3. The van der Waals surface area contributed by atoms with Gasteiger partial charge >= 0.3 is 6.18 Å². The van der Waals surface area contributed by atoms with Gasteiger partial charge in [-0.25, -0.2) is 14.4 Å². The van der Waals surface area contributed by atoms with E-state index in [1.807, 2.05) is 0 Å². The molecule has 3 heterocycles. The zero-order valence-electron chi connectivity index (χ0n) is 15.4. The second-order valence-corrected chi connectivity index (χ2v) is 6.99. The second kappa shape index (κ2) is 7.90. The topological polar surface area (TPSA) is 67.8 Å². The van der Waals surface area contributed by atoms with Crippen molar-refractivity contribution in [3.05, 3.63) is 41.7 Å². The molecule has 1 fully saturated rings. The first-order valence-corrected chi connectivity index (χ1v) is 8.93. The predicted molar refractivity (Wildman–Crippen MR) is 94.2 cm³/mol. The normalized spacial score (nSPS) is 22.4. The molecule has 28 heavy (non-hydrogen) atoms. The molecule has 1 aliphatic heterocycles. The minimum Gasteiger partial charge on any atom is -0.302 e. The summed E-state index contributed by atoms with van der Waals surface area (Å²) in [4.78, 5) is 23.3. The summed E-state index contributed by atoms with van der Waals surface area (Å²) in [7, 11) is 0. The Morgan fingerprint density at radius 1 is 1.18 bits per heavy atom. The Kier molecular flexibility index (Phi) is 5.74. The minimum atomic E-state index is -4.60. The maximum atomic E-state index is 13.6. The summed E-state index contributed by atoms with van der Waals surface area (Å²) in [5.74, 6) is -1.26. The van der Waals surface area contributed by atoms with Crippen molar-refractivity contribution in [1.29, 1.82) is 0 Å². The molecular formula is C19H20F4N4O. The van der Waals surface area contributed by atoms with E-state index in [4.69, 9.17) is 0 Å². The molecule has 150 valence electrons. The molecule has 0 spiro atoms. The first-order valence-electron chi connectivity index (χ1n) is 8.93. The van der Waals surface area contributed by atoms with Crippen LogP contribution in [0.4, 0.5) is 17.6 Å². The fraction of sp³-hybridized carbons (Fsp3) is 0.474. The van der Waals surface area contributed by atoms with Gasteiger partial charge in [0.2, 0.25) is 5.82 Å². The van der Waals surface area contributed by atoms with Crippen LogP contribution in [-0.2, 0) is 17.4 Å². The number of alkyl halides is 4. The third kappa shape index (κ3) is 4.52. The Morgan fingerprint density at radius 3 is 2.39 bits per heavy atom. The Balaban J connectivity index is 1.70. The number of hydrogen-bond acceptors (Lipinski definition) is 5. The van der Waals surface area contributed by atoms with Crippen molar-refractivity contribution in [1.82, 2.24) is 20.3 Å². The molecule has 5 nitrogen and oxygen atoms in total. The van der Waals surface area contributed by atoms with E-state index in [1.54, 1.807) is 19.9 Å². The maximum Gasteiger partial charge on any atom is 0.451 e. The molecule has 3 atom stereocenters. The quantitative estimate of drug-likeness (QED) is 0.784. The van der Waals surface area contributed by atoms with Gasteiger partial charge in [-0.3, -0.25) is 9.78 Å². The van der Waals surface area contributed by atoms with Crippen molar-refractivity contribution in [3.8, 4) is 11.1 Å². The van der Waals surface area contributed by atoms with Gasteiger partial charge in [-0.2, -0.15) is 13.2 Å². The number of rotatable bonds is 5. The molecule has 1 N–H and O–H groups in total. The average Bonchev–Trinajstić information content (AvgIpc) is 2.99. The highest BCUT2D eigenvalue weighted by molar-refractivity contribution is 5.84. The van der Waals surface area contributed by atoms with Crippen molar-refractivity contribution >= 4 is 5.78 Å². The molecule has 1 saturated heterocycles. The van der Waals surface area contributed by atoms with Crippen LogP contribution >= 0.6 is 0 Å². The number of aryl methyl sites for hydroxylation is 2. The predicted octanol–water partition coefficient (Wildman–Crippen LogP) is 3.46. The third-order valence-corrected chi connectivity index (χ3v) is 4.93. The van der Waals surface area contributed by atoms with Crippen molar-refractivity contribution in [3.63, 3.8) is 0 Å². The van der Waals surface area contributed by atoms with Crippen molar-refractivity contribution < 1.29 is 22.4 Å². The highest BCUT2D eigenvalue weighted by Gasteiger charge is 2.35. The van der Waals surface area contributed by atoms with Crippen molar-refractivity contribution in [2.24, 2.45) is 0 Å². The molecule has 2 aromatic heterocycles. The summed E-state index contributed by atoms with van der Waals surface area (Å²) in [5, 5.41) is 2.96. The summed E-state index contributed by atoms with van der Waals surface area (Å²) in [5.41, 5.74) is 2.49. The van der Waals surface area contributed by atoms with E-state index in [9.17, 15) is 22.4 Å². The second-order valence-electron chi connectivity index (χ2n) is 6.99. The number of ketones is 1. The van der Waals surface area contributed by atoms with E-state index in [0.717, 1.165) is 23.7 Å². The van der Waals surface area contributed by atoms with Gasteiger partial charge in [0.15, 0.2) is 0 Å². The highest BCUT2D eigenvalue weighted by Crippen LogP contribution is 2.27. The largest absolute Gasteiger partial charge is 0.451 e. The molecule has 0 bridgehead atoms. The Hall–Kier alpha value is -2.42. The minimum absolute atomic E-state index is 0.0605. The number of pyridine rings is 1. The molecule has 0 unspecified atom stereocenters. The van der Waals surface area contributed by atoms with E-state index < -0.39 is 24.2 Å². The van der Waals surface area contributed by atoms with Gasteiger partial charge in [0, 0.05) is 54.3 Å². The van der Waals surface area contributed by atoms with Crippen LogP contribution in [0, 0.1) is 6.92 Å². The first-order chi connectivity index (χ1) is 13.1. The van der Waals surface area contributed by atoms with Crippen LogP contribution in [0.1, 0.15) is 36.8 Å². The smallest absolute Gasteiger partial charge is 0.302 e. The number of carbonyl (C=O) groups is 1. The van der Waals surface area contributed by atoms with Crippen LogP contribution in [0.15, 0.2) is 24.7 Å². The number of Topliss-reactive ketones (excluding diaryl/α,β-unsaturated/α-hetero) is 1. The van der Waals surface area contributed by atoms with Gasteiger partial charge in [0.25, 0.3) is 0 Å². The van der Waals surface area contributed by atoms with Crippen LogP contribution in [0.5, 0.6) is 0 Å². The van der Waals surface area contributed by atoms with Gasteiger partial charge < -0.3 is 5.32 Å². The van der Waals surface area contributed by atoms with Gasteiger partial charge in [-0.05, 0) is 31.9 Å². The maximum absolute atomic E-state index is 13.6. The number of nitrogens with one attached hydrogen (secondary N) is 1. The average molecular weight is 396 g/mol. The molecule has 3 rings (SSSR count). The number of carbonyl (C=O) groups excluding carboxylic acids is 1. The number of aromatic nitrogens is 3. The SMILES string of the molecule is Cc1ncc(-c2cnc(C(F)(F)F)nc2)cc1CCC(=O)[C@@H]1C[C@@H](F)[C@H](C)N1. The summed E-state index contributed by atoms with van der Waals surface area (Å²) in [6, 6.07) is 0.953. The summed E-state index contributed by atoms with van der Waals surface area (Å²) >= 11 is 0. The molecular weight excluding hydrogens is 376 g/mol. The zero-order chi connectivity index (χ0) is 20.5. The van der Waals surface area contributed by atoms with E-state index in [1.165, 1.54) is 6.20 Å². The molecule has 0 radical (unpaired) electrons. The summed E-state index contributed by atoms with van der Waals surface area (Å²) < 4.78 is 51.4. The summed E-state index contributed by atoms with van der Waals surface area (Å²) in [6.45, 7) is 3.50. The standard InChI is InChI=1S/C19H20F4N4O/c1-10-12(3-4-17(28)16-6-15(20)11(2)27-16)5-13(7-24-10)14-8-25-18(26-9-14)19(21,22)23/h5,7-9,11,15-16,27H,3-4,6H2,1-2H3/t11-,15+,16-/m0/s1. The Labute approximate surface area is 159 Å². The van der Waals surface area contributed by atoms with Crippen LogP contribution in [0.25, 0.3) is 11.1 Å². The van der Waals surface area contributed by atoms with Crippen molar-refractivity contribution in [2.75, 3.05) is 0 Å². The fourth-order valence-corrected chi connectivity index (χ4v) is 3.19. The van der Waals surface area contributed by atoms with Crippen LogP contribution in [0.2, 0.25) is 0 Å². The van der Waals surface area contributed by atoms with Crippen LogP contribution in [0.3, 0.4) is 0 Å². The van der Waals surface area contributed by atoms with E-state index >= 15 is 0 Å². The molecule has 0 saturated carbocycles. The molecule has 9 heteroatoms. The summed E-state index contributed by atoms with van der Waals surface area (Å²) in [6.07, 6.45) is -1.07. The molecule has 1 aliphatic rings. The lowest BCUT2D eigenvalue weighted by Gasteiger charge is -2.12. The molecule has 0 amide bonds. The van der Waals surface area contributed by atoms with Gasteiger partial charge in [-0.1, -0.05) is 0 Å². The molecule has 0 aromatic carbocycles. The lowest BCUT2D eigenvalue weighted by molar-refractivity contribution is -0.145. The van der Waals surface area contributed by atoms with Gasteiger partial charge in [0.1, 0.15) is 12.0 Å². The van der Waals surface area contributed by atoms with E-state index in [-0.39, 0.29) is 24.7 Å². The van der Waals surface area contributed by atoms with Crippen LogP contribution < -0.4 is 5.32 Å². The van der Waals surface area contributed by atoms with Crippen LogP contribution in [-0.4, -0.2) is 39.0 Å². The Bertz CT molecular complexity index is 844. The molecule has 2 aromatic rings. The van der Waals surface area contributed by atoms with Gasteiger partial charge in [-0.15, -0.1) is 0 Å². The monoisotopic (exact) mass is 396 g/mol. The molecule has 0 aliphatic carbocycles. The van der Waals surface area contributed by atoms with E-state index in [0.29, 0.717) is 17.5 Å². The highest BCUT2D eigenvalue weighted by atomic mass is 19.4. The lowest BCUT2D eigenvalue weighted by atomic mass is 9.99. The Morgan fingerprint density at radius 2 is 1.82 bits per heavy atom. The number of hydrogen-bond donors (Lipinski definition) is 1. The van der Waals surface area contributed by atoms with Gasteiger partial charge in [0.05, 0.1) is 6.04 Å². The van der Waals surface area contributed by atoms with Crippen molar-refractivity contribution in [2.45, 2.75) is 57.5 Å². The number of halogens is 4.